The quantitative estimate of drug-likeness (QED) is 0.832. The van der Waals surface area contributed by atoms with Gasteiger partial charge in [0.1, 0.15) is 0 Å². The van der Waals surface area contributed by atoms with Gasteiger partial charge in [-0.3, -0.25) is 4.98 Å². The molecule has 2 heteroatoms. The van der Waals surface area contributed by atoms with E-state index in [1.807, 2.05) is 0 Å². The lowest BCUT2D eigenvalue weighted by Gasteiger charge is -2.22. The highest BCUT2D eigenvalue weighted by molar-refractivity contribution is 5.86. The molecule has 2 nitrogen and oxygen atoms in total. The summed E-state index contributed by atoms with van der Waals surface area (Å²) in [6, 6.07) is 6.69. The van der Waals surface area contributed by atoms with Crippen LogP contribution in [0.5, 0.6) is 0 Å². The van der Waals surface area contributed by atoms with E-state index < -0.39 is 0 Å². The van der Waals surface area contributed by atoms with Crippen molar-refractivity contribution < 1.29 is 0 Å². The van der Waals surface area contributed by atoms with Gasteiger partial charge in [0, 0.05) is 17.6 Å². The minimum absolute atomic E-state index is 0.988. The second-order valence-electron chi connectivity index (χ2n) is 6.07. The van der Waals surface area contributed by atoms with Crippen molar-refractivity contribution in [2.24, 2.45) is 0 Å². The fourth-order valence-corrected chi connectivity index (χ4v) is 3.48. The Morgan fingerprint density at radius 2 is 2.00 bits per heavy atom. The van der Waals surface area contributed by atoms with E-state index in [9.17, 15) is 0 Å². The zero-order valence-corrected chi connectivity index (χ0v) is 13.3. The fraction of sp³-hybridized carbons (Fsp3) is 0.526. The Bertz CT molecular complexity index is 631. The Morgan fingerprint density at radius 3 is 2.81 bits per heavy atom. The molecule has 0 radical (unpaired) electrons. The van der Waals surface area contributed by atoms with Crippen LogP contribution in [0.4, 0.5) is 0 Å². The molecule has 0 aliphatic heterocycles. The number of hydrogen-bond donors (Lipinski definition) is 1. The summed E-state index contributed by atoms with van der Waals surface area (Å²) in [6.07, 6.45) is 7.22. The van der Waals surface area contributed by atoms with Crippen molar-refractivity contribution in [3.8, 4) is 0 Å². The van der Waals surface area contributed by atoms with Crippen LogP contribution >= 0.6 is 0 Å². The molecule has 112 valence electrons. The number of aryl methyl sites for hydroxylation is 2. The number of aromatic nitrogens is 1. The molecule has 1 aromatic heterocycles. The van der Waals surface area contributed by atoms with Gasteiger partial charge in [-0.2, -0.15) is 0 Å². The van der Waals surface area contributed by atoms with Crippen molar-refractivity contribution in [1.82, 2.24) is 10.3 Å². The van der Waals surface area contributed by atoms with E-state index in [1.54, 1.807) is 0 Å². The molecule has 0 saturated heterocycles. The number of nitrogens with zero attached hydrogens (tertiary/aromatic N) is 1. The lowest BCUT2D eigenvalue weighted by Crippen LogP contribution is -2.18. The number of para-hydroxylation sites is 1. The van der Waals surface area contributed by atoms with Gasteiger partial charge in [0.2, 0.25) is 0 Å². The van der Waals surface area contributed by atoms with E-state index in [-0.39, 0.29) is 0 Å². The van der Waals surface area contributed by atoms with Crippen molar-refractivity contribution in [3.05, 3.63) is 40.6 Å². The lowest BCUT2D eigenvalue weighted by atomic mass is 9.89. The highest BCUT2D eigenvalue weighted by Gasteiger charge is 2.18. The van der Waals surface area contributed by atoms with Gasteiger partial charge in [-0.25, -0.2) is 0 Å². The molecule has 1 aliphatic rings. The Morgan fingerprint density at radius 1 is 1.14 bits per heavy atom. The van der Waals surface area contributed by atoms with Crippen LogP contribution in [0, 0.1) is 0 Å². The maximum atomic E-state index is 5.05. The molecular formula is C19H26N2. The number of pyridine rings is 1. The minimum atomic E-state index is 0.988. The first-order valence-electron chi connectivity index (χ1n) is 8.48. The van der Waals surface area contributed by atoms with Gasteiger partial charge in [-0.05, 0) is 61.8 Å². The third-order valence-corrected chi connectivity index (χ3v) is 4.60. The van der Waals surface area contributed by atoms with Crippen molar-refractivity contribution in [1.29, 1.82) is 0 Å². The monoisotopic (exact) mass is 282 g/mol. The van der Waals surface area contributed by atoms with Crippen LogP contribution in [-0.4, -0.2) is 11.5 Å². The summed E-state index contributed by atoms with van der Waals surface area (Å²) in [6.45, 7) is 6.53. The Kier molecular flexibility index (Phi) is 4.54. The molecule has 0 fully saturated rings. The topological polar surface area (TPSA) is 24.9 Å². The minimum Gasteiger partial charge on any atom is -0.313 e. The molecule has 3 rings (SSSR count). The average molecular weight is 282 g/mol. The predicted molar refractivity (Wildman–Crippen MR) is 89.8 cm³/mol. The number of nitrogens with one attached hydrogen (secondary N) is 1. The van der Waals surface area contributed by atoms with Gasteiger partial charge in [-0.15, -0.1) is 0 Å². The van der Waals surface area contributed by atoms with Crippen molar-refractivity contribution in [3.63, 3.8) is 0 Å². The van der Waals surface area contributed by atoms with E-state index in [4.69, 9.17) is 4.98 Å². The van der Waals surface area contributed by atoms with Crippen molar-refractivity contribution >= 4 is 10.9 Å². The van der Waals surface area contributed by atoms with E-state index in [0.717, 1.165) is 25.9 Å². The van der Waals surface area contributed by atoms with E-state index >= 15 is 0 Å². The Hall–Kier alpha value is -1.41. The molecule has 1 N–H and O–H groups in total. The third kappa shape index (κ3) is 2.82. The zero-order valence-electron chi connectivity index (χ0n) is 13.3. The maximum Gasteiger partial charge on any atom is 0.0740 e. The molecule has 1 aliphatic carbocycles. The smallest absolute Gasteiger partial charge is 0.0740 e. The van der Waals surface area contributed by atoms with Crippen LogP contribution in [-0.2, 0) is 25.8 Å². The van der Waals surface area contributed by atoms with Crippen molar-refractivity contribution in [2.45, 2.75) is 58.9 Å². The molecule has 0 saturated carbocycles. The molecule has 1 aromatic carbocycles. The molecule has 0 amide bonds. The van der Waals surface area contributed by atoms with Crippen LogP contribution in [0.3, 0.4) is 0 Å². The third-order valence-electron chi connectivity index (χ3n) is 4.60. The number of benzene rings is 1. The SMILES string of the molecule is CCCNCc1c2c(nc3c(CC)cccc13)CCCC2. The summed E-state index contributed by atoms with van der Waals surface area (Å²) >= 11 is 0. The Balaban J connectivity index is 2.15. The molecule has 2 aromatic rings. The fourth-order valence-electron chi connectivity index (χ4n) is 3.48. The normalized spacial score (nSPS) is 14.4. The molecule has 0 unspecified atom stereocenters. The second kappa shape index (κ2) is 6.57. The largest absolute Gasteiger partial charge is 0.313 e. The van der Waals surface area contributed by atoms with Gasteiger partial charge in [0.25, 0.3) is 0 Å². The van der Waals surface area contributed by atoms with Crippen LogP contribution in [0.15, 0.2) is 18.2 Å². The first kappa shape index (κ1) is 14.5. The summed E-state index contributed by atoms with van der Waals surface area (Å²) < 4.78 is 0. The highest BCUT2D eigenvalue weighted by atomic mass is 14.8. The predicted octanol–water partition coefficient (Wildman–Crippen LogP) is 4.18. The molecular weight excluding hydrogens is 256 g/mol. The second-order valence-corrected chi connectivity index (χ2v) is 6.07. The van der Waals surface area contributed by atoms with Gasteiger partial charge in [-0.1, -0.05) is 32.0 Å². The van der Waals surface area contributed by atoms with E-state index in [0.29, 0.717) is 0 Å². The van der Waals surface area contributed by atoms with E-state index in [2.05, 4.69) is 37.4 Å². The van der Waals surface area contributed by atoms with Gasteiger partial charge in [0.05, 0.1) is 5.52 Å². The van der Waals surface area contributed by atoms with Crippen LogP contribution in [0.2, 0.25) is 0 Å². The van der Waals surface area contributed by atoms with Crippen molar-refractivity contribution in [2.75, 3.05) is 6.54 Å². The van der Waals surface area contributed by atoms with Gasteiger partial charge < -0.3 is 5.32 Å². The average Bonchev–Trinajstić information content (AvgIpc) is 2.54. The maximum absolute atomic E-state index is 5.05. The summed E-state index contributed by atoms with van der Waals surface area (Å²) in [5, 5.41) is 4.98. The summed E-state index contributed by atoms with van der Waals surface area (Å²) in [5.74, 6) is 0. The van der Waals surface area contributed by atoms with Crippen LogP contribution in [0.25, 0.3) is 10.9 Å². The highest BCUT2D eigenvalue weighted by Crippen LogP contribution is 2.30. The first-order chi connectivity index (χ1) is 10.3. The van der Waals surface area contributed by atoms with E-state index in [1.165, 1.54) is 59.0 Å². The zero-order chi connectivity index (χ0) is 14.7. The molecule has 21 heavy (non-hydrogen) atoms. The molecule has 0 bridgehead atoms. The van der Waals surface area contributed by atoms with Crippen LogP contribution in [0.1, 0.15) is 55.5 Å². The molecule has 0 atom stereocenters. The Labute approximate surface area is 128 Å². The number of fused-ring (bicyclic) bond motifs is 2. The summed E-state index contributed by atoms with van der Waals surface area (Å²) in [7, 11) is 0. The van der Waals surface area contributed by atoms with Crippen LogP contribution < -0.4 is 5.32 Å². The number of hydrogen-bond acceptors (Lipinski definition) is 2. The summed E-state index contributed by atoms with van der Waals surface area (Å²) in [5.41, 5.74) is 7.04. The summed E-state index contributed by atoms with van der Waals surface area (Å²) in [4.78, 5) is 5.05. The molecule has 0 spiro atoms. The van der Waals surface area contributed by atoms with Gasteiger partial charge in [0.15, 0.2) is 0 Å². The number of rotatable bonds is 5. The molecule has 1 heterocycles. The standard InChI is InChI=1S/C19H26N2/c1-3-12-20-13-17-15-9-5-6-11-18(15)21-19-14(4-2)8-7-10-16(17)19/h7-8,10,20H,3-6,9,11-13H2,1-2H3. The van der Waals surface area contributed by atoms with Gasteiger partial charge >= 0.3 is 0 Å². The first-order valence-corrected chi connectivity index (χ1v) is 8.48. The lowest BCUT2D eigenvalue weighted by molar-refractivity contribution is 0.639.